The number of aryl methyl sites for hydroxylation is 1. The van der Waals surface area contributed by atoms with Crippen molar-refractivity contribution in [2.75, 3.05) is 13.2 Å². The van der Waals surface area contributed by atoms with Crippen LogP contribution in [-0.2, 0) is 14.3 Å². The molecule has 1 atom stereocenters. The Morgan fingerprint density at radius 3 is 2.71 bits per heavy atom. The summed E-state index contributed by atoms with van der Waals surface area (Å²) < 4.78 is 40.3. The summed E-state index contributed by atoms with van der Waals surface area (Å²) in [6.45, 7) is 1.70. The lowest BCUT2D eigenvalue weighted by Gasteiger charge is -2.26. The van der Waals surface area contributed by atoms with Gasteiger partial charge in [-0.1, -0.05) is 29.3 Å². The Hall–Kier alpha value is -1.96. The first-order valence-electron chi connectivity index (χ1n) is 7.13. The van der Waals surface area contributed by atoms with E-state index in [-0.39, 0.29) is 29.6 Å². The van der Waals surface area contributed by atoms with Gasteiger partial charge in [-0.25, -0.2) is 0 Å². The second-order valence-corrected chi connectivity index (χ2v) is 7.41. The standard InChI is InChI=1S/C16H15ClO6S/c1-10-2-4-13(5-3-10)24(19,20)22-9-12-8-21-15-7-11(17)6-14(18)16(15)23-12/h2-7,12,18H,8-9H2,1H3/t12-/m1/s1. The van der Waals surface area contributed by atoms with E-state index in [1.54, 1.807) is 12.1 Å². The van der Waals surface area contributed by atoms with Crippen LogP contribution in [0.5, 0.6) is 17.2 Å². The number of phenols is 1. The topological polar surface area (TPSA) is 82.1 Å². The number of benzene rings is 2. The maximum Gasteiger partial charge on any atom is 0.297 e. The predicted octanol–water partition coefficient (Wildman–Crippen LogP) is 2.90. The number of ether oxygens (including phenoxy) is 2. The third-order valence-corrected chi connectivity index (χ3v) is 4.94. The van der Waals surface area contributed by atoms with E-state index in [4.69, 9.17) is 25.3 Å². The summed E-state index contributed by atoms with van der Waals surface area (Å²) in [7, 11) is -3.89. The van der Waals surface area contributed by atoms with Crippen LogP contribution in [0.15, 0.2) is 41.3 Å². The summed E-state index contributed by atoms with van der Waals surface area (Å²) in [6.07, 6.45) is -0.676. The van der Waals surface area contributed by atoms with Gasteiger partial charge in [0.1, 0.15) is 13.2 Å². The molecule has 3 rings (SSSR count). The molecule has 0 unspecified atom stereocenters. The van der Waals surface area contributed by atoms with E-state index in [1.807, 2.05) is 6.92 Å². The zero-order chi connectivity index (χ0) is 17.3. The SMILES string of the molecule is Cc1ccc(S(=O)(=O)OC[C@H]2COc3cc(Cl)cc(O)c3O2)cc1. The Morgan fingerprint density at radius 1 is 1.29 bits per heavy atom. The van der Waals surface area contributed by atoms with Gasteiger partial charge in [0.25, 0.3) is 10.1 Å². The lowest BCUT2D eigenvalue weighted by molar-refractivity contribution is 0.0527. The molecule has 0 saturated heterocycles. The van der Waals surface area contributed by atoms with Gasteiger partial charge in [0, 0.05) is 17.2 Å². The Bertz CT molecular complexity index is 848. The molecule has 1 aliphatic heterocycles. The minimum Gasteiger partial charge on any atom is -0.504 e. The van der Waals surface area contributed by atoms with Gasteiger partial charge in [-0.3, -0.25) is 4.18 Å². The first-order chi connectivity index (χ1) is 11.3. The van der Waals surface area contributed by atoms with Crippen LogP contribution < -0.4 is 9.47 Å². The fourth-order valence-electron chi connectivity index (χ4n) is 2.18. The molecule has 1 N–H and O–H groups in total. The van der Waals surface area contributed by atoms with Gasteiger partial charge < -0.3 is 14.6 Å². The number of hydrogen-bond donors (Lipinski definition) is 1. The summed E-state index contributed by atoms with van der Waals surface area (Å²) in [5.74, 6) is 0.244. The number of halogens is 1. The molecule has 0 bridgehead atoms. The smallest absolute Gasteiger partial charge is 0.297 e. The minimum atomic E-state index is -3.89. The van der Waals surface area contributed by atoms with E-state index in [2.05, 4.69) is 0 Å². The van der Waals surface area contributed by atoms with Crippen LogP contribution in [0.4, 0.5) is 0 Å². The van der Waals surface area contributed by atoms with E-state index >= 15 is 0 Å². The molecule has 24 heavy (non-hydrogen) atoms. The monoisotopic (exact) mass is 370 g/mol. The molecule has 0 aliphatic carbocycles. The molecule has 0 amide bonds. The molecule has 1 aliphatic rings. The van der Waals surface area contributed by atoms with Crippen molar-refractivity contribution < 1.29 is 27.2 Å². The third-order valence-electron chi connectivity index (χ3n) is 3.43. The van der Waals surface area contributed by atoms with E-state index in [9.17, 15) is 13.5 Å². The van der Waals surface area contributed by atoms with E-state index < -0.39 is 16.2 Å². The van der Waals surface area contributed by atoms with Crippen LogP contribution in [0.3, 0.4) is 0 Å². The van der Waals surface area contributed by atoms with Crippen molar-refractivity contribution >= 4 is 21.7 Å². The first kappa shape index (κ1) is 16.9. The number of aromatic hydroxyl groups is 1. The van der Waals surface area contributed by atoms with Crippen molar-refractivity contribution in [2.24, 2.45) is 0 Å². The van der Waals surface area contributed by atoms with Crippen molar-refractivity contribution in [2.45, 2.75) is 17.9 Å². The van der Waals surface area contributed by atoms with Gasteiger partial charge in [-0.05, 0) is 19.1 Å². The highest BCUT2D eigenvalue weighted by molar-refractivity contribution is 7.86. The van der Waals surface area contributed by atoms with Crippen molar-refractivity contribution in [3.8, 4) is 17.2 Å². The summed E-state index contributed by atoms with van der Waals surface area (Å²) in [6, 6.07) is 9.16. The molecular weight excluding hydrogens is 356 g/mol. The van der Waals surface area contributed by atoms with Crippen LogP contribution in [-0.4, -0.2) is 32.8 Å². The van der Waals surface area contributed by atoms with E-state index in [0.717, 1.165) is 5.56 Å². The average molecular weight is 371 g/mol. The maximum atomic E-state index is 12.2. The fourth-order valence-corrected chi connectivity index (χ4v) is 3.32. The largest absolute Gasteiger partial charge is 0.504 e. The van der Waals surface area contributed by atoms with Crippen LogP contribution >= 0.6 is 11.6 Å². The Kier molecular flexibility index (Phi) is 4.58. The first-order valence-corrected chi connectivity index (χ1v) is 8.92. The molecule has 0 saturated carbocycles. The highest BCUT2D eigenvalue weighted by Gasteiger charge is 2.27. The number of hydrogen-bond acceptors (Lipinski definition) is 6. The maximum absolute atomic E-state index is 12.2. The minimum absolute atomic E-state index is 0.0693. The molecule has 2 aromatic rings. The second kappa shape index (κ2) is 6.51. The molecule has 0 radical (unpaired) electrons. The summed E-state index contributed by atoms with van der Waals surface area (Å²) in [5.41, 5.74) is 0.948. The number of rotatable bonds is 4. The molecule has 0 spiro atoms. The summed E-state index contributed by atoms with van der Waals surface area (Å²) >= 11 is 5.82. The van der Waals surface area contributed by atoms with Crippen LogP contribution in [0.1, 0.15) is 5.56 Å². The van der Waals surface area contributed by atoms with Gasteiger partial charge >= 0.3 is 0 Å². The third kappa shape index (κ3) is 3.58. The van der Waals surface area contributed by atoms with Crippen molar-refractivity contribution in [3.63, 3.8) is 0 Å². The highest BCUT2D eigenvalue weighted by Crippen LogP contribution is 2.42. The van der Waals surface area contributed by atoms with Crippen LogP contribution in [0, 0.1) is 6.92 Å². The average Bonchev–Trinajstić information content (AvgIpc) is 2.53. The number of fused-ring (bicyclic) bond motifs is 1. The van der Waals surface area contributed by atoms with Crippen molar-refractivity contribution in [1.29, 1.82) is 0 Å². The molecule has 1 heterocycles. The fraction of sp³-hybridized carbons (Fsp3) is 0.250. The highest BCUT2D eigenvalue weighted by atomic mass is 35.5. The van der Waals surface area contributed by atoms with Crippen LogP contribution in [0.25, 0.3) is 0 Å². The van der Waals surface area contributed by atoms with Crippen molar-refractivity contribution in [3.05, 3.63) is 47.0 Å². The normalized spacial score (nSPS) is 16.8. The van der Waals surface area contributed by atoms with Crippen molar-refractivity contribution in [1.82, 2.24) is 0 Å². The zero-order valence-corrected chi connectivity index (χ0v) is 14.3. The number of phenolic OH excluding ortho intramolecular Hbond substituents is 1. The summed E-state index contributed by atoms with van der Waals surface area (Å²) in [5, 5.41) is 10.2. The lowest BCUT2D eigenvalue weighted by atomic mass is 10.2. The second-order valence-electron chi connectivity index (χ2n) is 5.35. The van der Waals surface area contributed by atoms with Crippen LogP contribution in [0.2, 0.25) is 5.02 Å². The summed E-state index contributed by atoms with van der Waals surface area (Å²) in [4.78, 5) is 0.0693. The molecule has 6 nitrogen and oxygen atoms in total. The predicted molar refractivity (Wildman–Crippen MR) is 87.3 cm³/mol. The van der Waals surface area contributed by atoms with Gasteiger partial charge in [-0.15, -0.1) is 0 Å². The Labute approximate surface area is 144 Å². The zero-order valence-electron chi connectivity index (χ0n) is 12.7. The molecule has 0 aromatic heterocycles. The van der Waals surface area contributed by atoms with E-state index in [0.29, 0.717) is 10.8 Å². The molecule has 128 valence electrons. The Morgan fingerprint density at radius 2 is 2.00 bits per heavy atom. The van der Waals surface area contributed by atoms with Gasteiger partial charge in [0.05, 0.1) is 4.90 Å². The van der Waals surface area contributed by atoms with Gasteiger partial charge in [-0.2, -0.15) is 8.42 Å². The Balaban J connectivity index is 1.68. The molecular formula is C16H15ClO6S. The van der Waals surface area contributed by atoms with Gasteiger partial charge in [0.15, 0.2) is 17.6 Å². The molecule has 8 heteroatoms. The van der Waals surface area contributed by atoms with E-state index in [1.165, 1.54) is 24.3 Å². The lowest BCUT2D eigenvalue weighted by Crippen LogP contribution is -2.34. The van der Waals surface area contributed by atoms with Gasteiger partial charge in [0.2, 0.25) is 5.75 Å². The molecule has 2 aromatic carbocycles. The quantitative estimate of drug-likeness (QED) is 0.833. The molecule has 0 fully saturated rings.